The first-order valence-electron chi connectivity index (χ1n) is 1.74. The Bertz CT molecular complexity index is 71.7. The van der Waals surface area contributed by atoms with Crippen molar-refractivity contribution in [2.45, 2.75) is 6.92 Å². The van der Waals surface area contributed by atoms with Gasteiger partial charge in [0.15, 0.2) is 0 Å². The molecular weight excluding hydrogens is 290 g/mol. The molecule has 0 spiro atoms. The first-order chi connectivity index (χ1) is 3.65. The summed E-state index contributed by atoms with van der Waals surface area (Å²) in [5.41, 5.74) is 0. The molecule has 4 nitrogen and oxygen atoms in total. The van der Waals surface area contributed by atoms with Crippen LogP contribution in [0.2, 0.25) is 0 Å². The molecule has 0 aromatic heterocycles. The maximum Gasteiger partial charge on any atom is 0.300 e. The van der Waals surface area contributed by atoms with Crippen molar-refractivity contribution in [1.29, 1.82) is 0 Å². The minimum Gasteiger partial charge on any atom is -0.655 e. The smallest absolute Gasteiger partial charge is 0.300 e. The van der Waals surface area contributed by atoms with Crippen LogP contribution in [0.3, 0.4) is 0 Å². The zero-order valence-electron chi connectivity index (χ0n) is 5.83. The molecule has 0 aliphatic carbocycles. The average Bonchev–Trinajstić information content (AvgIpc) is 1.65. The van der Waals surface area contributed by atoms with E-state index in [1.807, 2.05) is 0 Å². The summed E-state index contributed by atoms with van der Waals surface area (Å²) >= 11 is 0. The van der Waals surface area contributed by atoms with E-state index in [2.05, 4.69) is 4.74 Å². The molecule has 0 bridgehead atoms. The van der Waals surface area contributed by atoms with Gasteiger partial charge < -0.3 is 14.6 Å². The molecule has 0 fully saturated rings. The summed E-state index contributed by atoms with van der Waals surface area (Å²) in [6.45, 7) is 2.26. The summed E-state index contributed by atoms with van der Waals surface area (Å²) in [5.74, 6) is -0.833. The van der Waals surface area contributed by atoms with Gasteiger partial charge in [0, 0.05) is 79.5 Å². The second-order valence-corrected chi connectivity index (χ2v) is 0.806. The minimum absolute atomic E-state index is 0. The summed E-state index contributed by atoms with van der Waals surface area (Å²) in [4.78, 5) is 17.8. The van der Waals surface area contributed by atoms with E-state index in [0.29, 0.717) is 0 Å². The molecule has 0 saturated heterocycles. The molecule has 0 saturated carbocycles. The maximum absolute atomic E-state index is 9.00. The Labute approximate surface area is 110 Å². The van der Waals surface area contributed by atoms with Gasteiger partial charge in [-0.05, 0) is 0 Å². The molecule has 0 heterocycles. The van der Waals surface area contributed by atoms with Crippen molar-refractivity contribution in [2.24, 2.45) is 0 Å². The van der Waals surface area contributed by atoms with Crippen LogP contribution in [0.5, 0.6) is 0 Å². The standard InChI is InChI=1S/C2H3O2.C2H4O2.2Y/c1-4-2-3;1-2(3)4;;/h1H3;1H3,(H,3,4);;/q-1;;;. The fourth-order valence-corrected chi connectivity index (χ4v) is 0. The van der Waals surface area contributed by atoms with Crippen molar-refractivity contribution < 1.29 is 84.9 Å². The van der Waals surface area contributed by atoms with Crippen molar-refractivity contribution in [3.05, 3.63) is 0 Å². The summed E-state index contributed by atoms with van der Waals surface area (Å²) in [5, 5.41) is 7.42. The van der Waals surface area contributed by atoms with E-state index in [1.54, 1.807) is 0 Å². The van der Waals surface area contributed by atoms with E-state index in [9.17, 15) is 0 Å². The van der Waals surface area contributed by atoms with Crippen LogP contribution in [0.25, 0.3) is 0 Å². The number of carbonyl (C=O) groups excluding carboxylic acids is 1. The largest absolute Gasteiger partial charge is 0.655 e. The van der Waals surface area contributed by atoms with Gasteiger partial charge in [-0.2, -0.15) is 0 Å². The van der Waals surface area contributed by atoms with E-state index in [0.717, 1.165) is 6.92 Å². The van der Waals surface area contributed by atoms with Crippen LogP contribution < -0.4 is 0 Å². The molecule has 10 heavy (non-hydrogen) atoms. The molecular formula is C4H7O4Y2-. The Morgan fingerprint density at radius 3 is 1.60 bits per heavy atom. The Morgan fingerprint density at radius 1 is 1.50 bits per heavy atom. The first-order valence-corrected chi connectivity index (χ1v) is 1.74. The third-order valence-electron chi connectivity index (χ3n) is 0.0833. The maximum atomic E-state index is 9.00. The van der Waals surface area contributed by atoms with Crippen molar-refractivity contribution >= 4 is 12.4 Å². The van der Waals surface area contributed by atoms with Crippen molar-refractivity contribution in [2.75, 3.05) is 7.11 Å². The van der Waals surface area contributed by atoms with Crippen molar-refractivity contribution in [1.82, 2.24) is 0 Å². The molecule has 0 aromatic rings. The number of ether oxygens (including phenoxy) is 1. The first kappa shape index (κ1) is 22.5. The van der Waals surface area contributed by atoms with Gasteiger partial charge in [0.1, 0.15) is 0 Å². The Kier molecular flexibility index (Phi) is 50.5. The van der Waals surface area contributed by atoms with E-state index < -0.39 is 5.97 Å². The van der Waals surface area contributed by atoms with Gasteiger partial charge in [0.2, 0.25) is 0 Å². The van der Waals surface area contributed by atoms with Crippen molar-refractivity contribution in [3.63, 3.8) is 0 Å². The van der Waals surface area contributed by atoms with E-state index in [-0.39, 0.29) is 65.4 Å². The van der Waals surface area contributed by atoms with Gasteiger partial charge in [-0.1, -0.05) is 6.47 Å². The summed E-state index contributed by atoms with van der Waals surface area (Å²) in [6, 6.07) is 0. The molecule has 2 radical (unpaired) electrons. The van der Waals surface area contributed by atoms with Gasteiger partial charge in [0.25, 0.3) is 5.97 Å². The van der Waals surface area contributed by atoms with Crippen LogP contribution in [0.4, 0.5) is 0 Å². The second-order valence-electron chi connectivity index (χ2n) is 0.806. The number of hydrogen-bond donors (Lipinski definition) is 1. The van der Waals surface area contributed by atoms with Crippen molar-refractivity contribution in [3.8, 4) is 0 Å². The van der Waals surface area contributed by atoms with E-state index in [4.69, 9.17) is 14.7 Å². The molecule has 0 amide bonds. The molecule has 6 heteroatoms. The molecule has 0 rings (SSSR count). The van der Waals surface area contributed by atoms with E-state index >= 15 is 0 Å². The van der Waals surface area contributed by atoms with Crippen LogP contribution in [-0.2, 0) is 79.7 Å². The van der Waals surface area contributed by atoms with Crippen LogP contribution >= 0.6 is 0 Å². The Balaban J connectivity index is -0.0000000300. The topological polar surface area (TPSA) is 63.6 Å². The quantitative estimate of drug-likeness (QED) is 0.680. The third-order valence-corrected chi connectivity index (χ3v) is 0.0833. The van der Waals surface area contributed by atoms with Crippen LogP contribution in [-0.4, -0.2) is 24.7 Å². The SMILES string of the molecule is CC(=O)O.CO[C-]=O.[Y].[Y]. The molecule has 0 aliphatic rings. The zero-order valence-corrected chi connectivity index (χ0v) is 11.5. The normalized spacial score (nSPS) is 4.60. The number of carboxylic acid groups (broad SMARTS) is 1. The summed E-state index contributed by atoms with van der Waals surface area (Å²) in [7, 11) is 1.26. The molecule has 0 aliphatic heterocycles. The number of hydrogen-bond acceptors (Lipinski definition) is 3. The van der Waals surface area contributed by atoms with Crippen LogP contribution in [0.1, 0.15) is 6.92 Å². The van der Waals surface area contributed by atoms with Gasteiger partial charge in [-0.3, -0.25) is 4.79 Å². The number of aliphatic carboxylic acids is 1. The molecule has 0 unspecified atom stereocenters. The predicted octanol–water partition coefficient (Wildman–Crippen LogP) is -0.214. The third kappa shape index (κ3) is 132. The fourth-order valence-electron chi connectivity index (χ4n) is 0. The van der Waals surface area contributed by atoms with Gasteiger partial charge >= 0.3 is 0 Å². The fraction of sp³-hybridized carbons (Fsp3) is 0.500. The monoisotopic (exact) mass is 297 g/mol. The number of methoxy groups -OCH3 is 1. The zero-order chi connectivity index (χ0) is 6.99. The minimum atomic E-state index is -0.833. The predicted molar refractivity (Wildman–Crippen MR) is 26.0 cm³/mol. The summed E-state index contributed by atoms with van der Waals surface area (Å²) in [6.07, 6.45) is 0. The van der Waals surface area contributed by atoms with Crippen LogP contribution in [0, 0.1) is 0 Å². The van der Waals surface area contributed by atoms with Gasteiger partial charge in [0.05, 0.1) is 0 Å². The average molecular weight is 297 g/mol. The van der Waals surface area contributed by atoms with E-state index in [1.165, 1.54) is 13.6 Å². The number of carboxylic acids is 1. The Morgan fingerprint density at radius 2 is 1.60 bits per heavy atom. The molecule has 0 aromatic carbocycles. The Hall–Kier alpha value is 1.15. The summed E-state index contributed by atoms with van der Waals surface area (Å²) < 4.78 is 3.74. The van der Waals surface area contributed by atoms with Gasteiger partial charge in [-0.25, -0.2) is 0 Å². The van der Waals surface area contributed by atoms with Crippen LogP contribution in [0.15, 0.2) is 0 Å². The molecule has 54 valence electrons. The molecule has 1 N–H and O–H groups in total. The van der Waals surface area contributed by atoms with Gasteiger partial charge in [-0.15, -0.1) is 0 Å². The number of rotatable bonds is 1. The number of carbonyl (C=O) groups is 1. The molecule has 0 atom stereocenters. The second kappa shape index (κ2) is 22.5.